The zero-order valence-corrected chi connectivity index (χ0v) is 11.5. The van der Waals surface area contributed by atoms with Crippen LogP contribution in [0.5, 0.6) is 0 Å². The number of carboxylic acid groups (broad SMARTS) is 1. The molecule has 1 aromatic heterocycles. The molecule has 0 saturated carbocycles. The SMILES string of the molecule is CN(CCc1ccncc1)Cc1ccccc1C(=O)O. The molecule has 0 bridgehead atoms. The quantitative estimate of drug-likeness (QED) is 0.876. The van der Waals surface area contributed by atoms with Gasteiger partial charge in [0.2, 0.25) is 0 Å². The minimum Gasteiger partial charge on any atom is -0.478 e. The standard InChI is InChI=1S/C16H18N2O2/c1-18(11-8-13-6-9-17-10-7-13)12-14-4-2-3-5-15(14)16(19)20/h2-7,9-10H,8,11-12H2,1H3,(H,19,20). The van der Waals surface area contributed by atoms with Gasteiger partial charge in [0.05, 0.1) is 5.56 Å². The third kappa shape index (κ3) is 3.90. The second kappa shape index (κ2) is 6.82. The normalized spacial score (nSPS) is 10.7. The highest BCUT2D eigenvalue weighted by Gasteiger charge is 2.10. The summed E-state index contributed by atoms with van der Waals surface area (Å²) in [6.07, 6.45) is 4.50. The Kier molecular flexibility index (Phi) is 4.85. The summed E-state index contributed by atoms with van der Waals surface area (Å²) in [6, 6.07) is 11.1. The van der Waals surface area contributed by atoms with Gasteiger partial charge in [-0.15, -0.1) is 0 Å². The molecule has 20 heavy (non-hydrogen) atoms. The van der Waals surface area contributed by atoms with Crippen molar-refractivity contribution in [3.63, 3.8) is 0 Å². The van der Waals surface area contributed by atoms with Crippen molar-refractivity contribution in [1.29, 1.82) is 0 Å². The van der Waals surface area contributed by atoms with Gasteiger partial charge in [0.25, 0.3) is 0 Å². The van der Waals surface area contributed by atoms with E-state index in [1.807, 2.05) is 31.3 Å². The summed E-state index contributed by atoms with van der Waals surface area (Å²) in [5.74, 6) is -0.872. The van der Waals surface area contributed by atoms with E-state index in [-0.39, 0.29) is 0 Å². The second-order valence-corrected chi connectivity index (χ2v) is 4.81. The van der Waals surface area contributed by atoms with Crippen LogP contribution in [-0.2, 0) is 13.0 Å². The lowest BCUT2D eigenvalue weighted by atomic mass is 10.1. The fourth-order valence-corrected chi connectivity index (χ4v) is 2.11. The van der Waals surface area contributed by atoms with Crippen LogP contribution in [0.1, 0.15) is 21.5 Å². The maximum absolute atomic E-state index is 11.2. The van der Waals surface area contributed by atoms with Crippen LogP contribution in [0.3, 0.4) is 0 Å². The Bertz CT molecular complexity index is 570. The summed E-state index contributed by atoms with van der Waals surface area (Å²) in [7, 11) is 2.00. The van der Waals surface area contributed by atoms with Gasteiger partial charge in [-0.05, 0) is 42.8 Å². The topological polar surface area (TPSA) is 53.4 Å². The number of benzene rings is 1. The van der Waals surface area contributed by atoms with Crippen molar-refractivity contribution in [3.8, 4) is 0 Å². The van der Waals surface area contributed by atoms with E-state index in [1.54, 1.807) is 24.5 Å². The number of aromatic carboxylic acids is 1. The molecule has 1 N–H and O–H groups in total. The van der Waals surface area contributed by atoms with Gasteiger partial charge in [-0.2, -0.15) is 0 Å². The Balaban J connectivity index is 1.95. The monoisotopic (exact) mass is 270 g/mol. The highest BCUT2D eigenvalue weighted by molar-refractivity contribution is 5.89. The minimum absolute atomic E-state index is 0.378. The molecule has 0 aliphatic rings. The molecule has 0 aliphatic carbocycles. The molecule has 1 aromatic carbocycles. The molecule has 0 spiro atoms. The van der Waals surface area contributed by atoms with Crippen molar-refractivity contribution in [3.05, 3.63) is 65.5 Å². The molecule has 2 aromatic rings. The van der Waals surface area contributed by atoms with Crippen molar-refractivity contribution >= 4 is 5.97 Å². The molecule has 0 fully saturated rings. The Hall–Kier alpha value is -2.20. The van der Waals surface area contributed by atoms with E-state index in [0.29, 0.717) is 12.1 Å². The number of rotatable bonds is 6. The van der Waals surface area contributed by atoms with Gasteiger partial charge in [0.15, 0.2) is 0 Å². The molecule has 0 saturated heterocycles. The van der Waals surface area contributed by atoms with Crippen LogP contribution in [0.4, 0.5) is 0 Å². The Labute approximate surface area is 118 Å². The average molecular weight is 270 g/mol. The molecule has 104 valence electrons. The number of nitrogens with zero attached hydrogens (tertiary/aromatic N) is 2. The fourth-order valence-electron chi connectivity index (χ4n) is 2.11. The second-order valence-electron chi connectivity index (χ2n) is 4.81. The first-order chi connectivity index (χ1) is 9.66. The lowest BCUT2D eigenvalue weighted by Crippen LogP contribution is -2.22. The lowest BCUT2D eigenvalue weighted by molar-refractivity contribution is 0.0694. The molecule has 0 radical (unpaired) electrons. The van der Waals surface area contributed by atoms with Gasteiger partial charge >= 0.3 is 5.97 Å². The summed E-state index contributed by atoms with van der Waals surface area (Å²) >= 11 is 0. The average Bonchev–Trinajstić information content (AvgIpc) is 2.46. The van der Waals surface area contributed by atoms with Crippen LogP contribution in [0.2, 0.25) is 0 Å². The van der Waals surface area contributed by atoms with Crippen LogP contribution in [0.15, 0.2) is 48.8 Å². The Morgan fingerprint density at radius 3 is 2.60 bits per heavy atom. The molecule has 1 heterocycles. The van der Waals surface area contributed by atoms with Crippen LogP contribution >= 0.6 is 0 Å². The van der Waals surface area contributed by atoms with Crippen molar-refractivity contribution in [2.45, 2.75) is 13.0 Å². The minimum atomic E-state index is -0.872. The van der Waals surface area contributed by atoms with Gasteiger partial charge in [0.1, 0.15) is 0 Å². The first-order valence-corrected chi connectivity index (χ1v) is 6.55. The fraction of sp³-hybridized carbons (Fsp3) is 0.250. The van der Waals surface area contributed by atoms with Gasteiger partial charge in [-0.3, -0.25) is 4.98 Å². The number of pyridine rings is 1. The predicted octanol–water partition coefficient (Wildman–Crippen LogP) is 2.45. The molecular formula is C16H18N2O2. The van der Waals surface area contributed by atoms with E-state index < -0.39 is 5.97 Å². The van der Waals surface area contributed by atoms with E-state index in [0.717, 1.165) is 18.5 Å². The number of aromatic nitrogens is 1. The van der Waals surface area contributed by atoms with Crippen LogP contribution in [-0.4, -0.2) is 34.6 Å². The highest BCUT2D eigenvalue weighted by Crippen LogP contribution is 2.11. The largest absolute Gasteiger partial charge is 0.478 e. The molecule has 0 aliphatic heterocycles. The summed E-state index contributed by atoms with van der Waals surface area (Å²) in [4.78, 5) is 17.3. The predicted molar refractivity (Wildman–Crippen MR) is 77.7 cm³/mol. The molecule has 4 heteroatoms. The smallest absolute Gasteiger partial charge is 0.336 e. The van der Waals surface area contributed by atoms with Crippen LogP contribution in [0.25, 0.3) is 0 Å². The Morgan fingerprint density at radius 2 is 1.90 bits per heavy atom. The Morgan fingerprint density at radius 1 is 1.20 bits per heavy atom. The molecule has 0 unspecified atom stereocenters. The highest BCUT2D eigenvalue weighted by atomic mass is 16.4. The molecule has 2 rings (SSSR count). The molecule has 4 nitrogen and oxygen atoms in total. The van der Waals surface area contributed by atoms with Gasteiger partial charge in [-0.25, -0.2) is 4.79 Å². The summed E-state index contributed by atoms with van der Waals surface area (Å²) in [6.45, 7) is 1.51. The summed E-state index contributed by atoms with van der Waals surface area (Å²) in [5.41, 5.74) is 2.46. The van der Waals surface area contributed by atoms with Crippen LogP contribution < -0.4 is 0 Å². The van der Waals surface area contributed by atoms with E-state index in [9.17, 15) is 4.79 Å². The molecular weight excluding hydrogens is 252 g/mol. The van der Waals surface area contributed by atoms with Crippen molar-refractivity contribution in [2.75, 3.05) is 13.6 Å². The van der Waals surface area contributed by atoms with E-state index in [2.05, 4.69) is 9.88 Å². The maximum atomic E-state index is 11.2. The van der Waals surface area contributed by atoms with E-state index in [4.69, 9.17) is 5.11 Å². The summed E-state index contributed by atoms with van der Waals surface area (Å²) in [5, 5.41) is 9.16. The van der Waals surface area contributed by atoms with E-state index >= 15 is 0 Å². The molecule has 0 atom stereocenters. The van der Waals surface area contributed by atoms with Gasteiger partial charge < -0.3 is 10.0 Å². The zero-order valence-electron chi connectivity index (χ0n) is 11.5. The number of hydrogen-bond acceptors (Lipinski definition) is 3. The van der Waals surface area contributed by atoms with Crippen molar-refractivity contribution in [1.82, 2.24) is 9.88 Å². The maximum Gasteiger partial charge on any atom is 0.336 e. The number of carboxylic acids is 1. The van der Waals surface area contributed by atoms with Crippen molar-refractivity contribution in [2.24, 2.45) is 0 Å². The van der Waals surface area contributed by atoms with Gasteiger partial charge in [-0.1, -0.05) is 18.2 Å². The third-order valence-corrected chi connectivity index (χ3v) is 3.22. The molecule has 0 amide bonds. The first kappa shape index (κ1) is 14.2. The van der Waals surface area contributed by atoms with E-state index in [1.165, 1.54) is 5.56 Å². The first-order valence-electron chi connectivity index (χ1n) is 6.55. The van der Waals surface area contributed by atoms with Crippen LogP contribution in [0, 0.1) is 0 Å². The number of likely N-dealkylation sites (N-methyl/N-ethyl adjacent to an activating group) is 1. The third-order valence-electron chi connectivity index (χ3n) is 3.22. The van der Waals surface area contributed by atoms with Crippen molar-refractivity contribution < 1.29 is 9.90 Å². The summed E-state index contributed by atoms with van der Waals surface area (Å²) < 4.78 is 0. The number of hydrogen-bond donors (Lipinski definition) is 1. The number of carbonyl (C=O) groups is 1. The lowest BCUT2D eigenvalue weighted by Gasteiger charge is -2.17. The zero-order chi connectivity index (χ0) is 14.4. The van der Waals surface area contributed by atoms with Gasteiger partial charge in [0, 0.05) is 25.5 Å².